The molecule has 0 fully saturated rings. The van der Waals surface area contributed by atoms with Crippen LogP contribution in [0.2, 0.25) is 0 Å². The minimum absolute atomic E-state index is 0.234. The minimum atomic E-state index is -0.464. The summed E-state index contributed by atoms with van der Waals surface area (Å²) in [5, 5.41) is 6.50. The number of anilines is 1. The predicted octanol–water partition coefficient (Wildman–Crippen LogP) is 2.44. The van der Waals surface area contributed by atoms with Crippen molar-refractivity contribution in [3.63, 3.8) is 0 Å². The fraction of sp³-hybridized carbons (Fsp3) is 0.348. The van der Waals surface area contributed by atoms with E-state index < -0.39 is 11.8 Å². The molecule has 172 valence electrons. The van der Waals surface area contributed by atoms with Crippen LogP contribution in [0.1, 0.15) is 29.8 Å². The lowest BCUT2D eigenvalue weighted by Gasteiger charge is -2.21. The van der Waals surface area contributed by atoms with Crippen LogP contribution < -0.4 is 29.9 Å². The highest BCUT2D eigenvalue weighted by Gasteiger charge is 2.12. The summed E-state index contributed by atoms with van der Waals surface area (Å²) in [5.74, 6) is 0.702. The van der Waals surface area contributed by atoms with Gasteiger partial charge in [-0.3, -0.25) is 9.59 Å². The Morgan fingerprint density at radius 1 is 0.938 bits per heavy atom. The monoisotopic (exact) mass is 442 g/mol. The van der Waals surface area contributed by atoms with E-state index >= 15 is 0 Å². The summed E-state index contributed by atoms with van der Waals surface area (Å²) >= 11 is 0. The van der Waals surface area contributed by atoms with Crippen LogP contribution >= 0.6 is 0 Å². The molecular weight excluding hydrogens is 412 g/mol. The first-order valence-corrected chi connectivity index (χ1v) is 10.2. The van der Waals surface area contributed by atoms with E-state index in [-0.39, 0.29) is 6.54 Å². The van der Waals surface area contributed by atoms with E-state index in [0.717, 1.165) is 24.3 Å². The zero-order chi connectivity index (χ0) is 23.5. The van der Waals surface area contributed by atoms with Gasteiger partial charge in [0.1, 0.15) is 5.75 Å². The molecular formula is C23H30N4O5. The Bertz CT molecular complexity index is 957. The highest BCUT2D eigenvalue weighted by molar-refractivity contribution is 5.97. The van der Waals surface area contributed by atoms with Gasteiger partial charge in [-0.15, -0.1) is 0 Å². The number of nitrogens with zero attached hydrogens (tertiary/aromatic N) is 2. The number of carbonyl (C=O) groups is 2. The maximum Gasteiger partial charge on any atom is 0.259 e. The van der Waals surface area contributed by atoms with Gasteiger partial charge in [-0.1, -0.05) is 0 Å². The van der Waals surface area contributed by atoms with E-state index in [1.54, 1.807) is 25.3 Å². The van der Waals surface area contributed by atoms with Crippen LogP contribution in [0.15, 0.2) is 41.5 Å². The average Bonchev–Trinajstić information content (AvgIpc) is 2.83. The van der Waals surface area contributed by atoms with E-state index in [1.165, 1.54) is 20.4 Å². The maximum atomic E-state index is 12.3. The van der Waals surface area contributed by atoms with Gasteiger partial charge in [0.05, 0.1) is 34.1 Å². The fourth-order valence-corrected chi connectivity index (χ4v) is 3.05. The zero-order valence-electron chi connectivity index (χ0n) is 19.1. The predicted molar refractivity (Wildman–Crippen MR) is 124 cm³/mol. The number of amides is 2. The molecule has 0 saturated carbocycles. The Morgan fingerprint density at radius 2 is 1.62 bits per heavy atom. The Morgan fingerprint density at radius 3 is 2.25 bits per heavy atom. The molecule has 0 radical (unpaired) electrons. The number of hydrogen-bond acceptors (Lipinski definition) is 7. The van der Waals surface area contributed by atoms with Gasteiger partial charge in [0, 0.05) is 36.0 Å². The molecule has 9 heteroatoms. The van der Waals surface area contributed by atoms with Crippen LogP contribution in [-0.4, -0.2) is 59.0 Å². The number of carbonyl (C=O) groups excluding carboxylic acids is 2. The SMILES string of the molecule is CCN(CC)c1ccc(C=NNC(=O)CNC(=O)c2ccc(OC)c(OC)c2)c(OC)c1. The van der Waals surface area contributed by atoms with Crippen molar-refractivity contribution >= 4 is 23.7 Å². The van der Waals surface area contributed by atoms with Gasteiger partial charge in [0.25, 0.3) is 11.8 Å². The van der Waals surface area contributed by atoms with E-state index in [1.807, 2.05) is 18.2 Å². The van der Waals surface area contributed by atoms with Crippen molar-refractivity contribution < 1.29 is 23.8 Å². The second kappa shape index (κ2) is 12.2. The highest BCUT2D eigenvalue weighted by atomic mass is 16.5. The molecule has 0 aliphatic rings. The molecule has 32 heavy (non-hydrogen) atoms. The number of nitrogens with one attached hydrogen (secondary N) is 2. The van der Waals surface area contributed by atoms with Crippen LogP contribution in [0.25, 0.3) is 0 Å². The third-order valence-corrected chi connectivity index (χ3v) is 4.79. The standard InChI is InChI=1S/C23H30N4O5/c1-6-27(7-2)18-10-8-17(20(13-18)31-4)14-25-26-22(28)15-24-23(29)16-9-11-19(30-3)21(12-16)32-5/h8-14H,6-7,15H2,1-5H3,(H,24,29)(H,26,28). The molecule has 0 aliphatic carbocycles. The van der Waals surface area contributed by atoms with Gasteiger partial charge in [-0.05, 0) is 44.2 Å². The maximum absolute atomic E-state index is 12.3. The first kappa shape index (κ1) is 24.5. The second-order valence-electron chi connectivity index (χ2n) is 6.64. The Hall–Kier alpha value is -3.75. The molecule has 0 aromatic heterocycles. The average molecular weight is 443 g/mol. The Labute approximate surface area is 188 Å². The second-order valence-corrected chi connectivity index (χ2v) is 6.64. The van der Waals surface area contributed by atoms with Gasteiger partial charge in [0.2, 0.25) is 0 Å². The number of hydrogen-bond donors (Lipinski definition) is 2. The first-order valence-electron chi connectivity index (χ1n) is 10.2. The van der Waals surface area contributed by atoms with Crippen molar-refractivity contribution in [3.05, 3.63) is 47.5 Å². The first-order chi connectivity index (χ1) is 15.5. The number of benzene rings is 2. The quantitative estimate of drug-likeness (QED) is 0.409. The van der Waals surface area contributed by atoms with E-state index in [0.29, 0.717) is 22.8 Å². The summed E-state index contributed by atoms with van der Waals surface area (Å²) in [6.07, 6.45) is 1.50. The van der Waals surface area contributed by atoms with Gasteiger partial charge in [-0.2, -0.15) is 5.10 Å². The minimum Gasteiger partial charge on any atom is -0.496 e. The Balaban J connectivity index is 1.93. The van der Waals surface area contributed by atoms with E-state index in [9.17, 15) is 9.59 Å². The molecule has 9 nitrogen and oxygen atoms in total. The molecule has 2 aromatic carbocycles. The molecule has 0 heterocycles. The van der Waals surface area contributed by atoms with Crippen molar-refractivity contribution in [1.29, 1.82) is 0 Å². The highest BCUT2D eigenvalue weighted by Crippen LogP contribution is 2.27. The number of hydrazone groups is 1. The number of rotatable bonds is 11. The van der Waals surface area contributed by atoms with Crippen LogP contribution in [-0.2, 0) is 4.79 Å². The van der Waals surface area contributed by atoms with Crippen molar-refractivity contribution in [2.75, 3.05) is 45.9 Å². The van der Waals surface area contributed by atoms with Gasteiger partial charge < -0.3 is 24.4 Å². The molecule has 0 saturated heterocycles. The van der Waals surface area contributed by atoms with Gasteiger partial charge >= 0.3 is 0 Å². The van der Waals surface area contributed by atoms with Crippen LogP contribution in [0.5, 0.6) is 17.2 Å². The van der Waals surface area contributed by atoms with Crippen LogP contribution in [0, 0.1) is 0 Å². The lowest BCUT2D eigenvalue weighted by molar-refractivity contribution is -0.120. The topological polar surface area (TPSA) is 101 Å². The Kier molecular flexibility index (Phi) is 9.34. The summed E-state index contributed by atoms with van der Waals surface area (Å²) in [7, 11) is 4.58. The number of ether oxygens (including phenoxy) is 3. The molecule has 0 aliphatic heterocycles. The van der Waals surface area contributed by atoms with Gasteiger partial charge in [-0.25, -0.2) is 5.43 Å². The van der Waals surface area contributed by atoms with Crippen LogP contribution in [0.4, 0.5) is 5.69 Å². The summed E-state index contributed by atoms with van der Waals surface area (Å²) in [4.78, 5) is 26.5. The van der Waals surface area contributed by atoms with Crippen molar-refractivity contribution in [3.8, 4) is 17.2 Å². The van der Waals surface area contributed by atoms with Crippen molar-refractivity contribution in [2.24, 2.45) is 5.10 Å². The fourth-order valence-electron chi connectivity index (χ4n) is 3.05. The molecule has 2 rings (SSSR count). The molecule has 0 bridgehead atoms. The summed E-state index contributed by atoms with van der Waals surface area (Å²) in [5.41, 5.74) is 4.51. The zero-order valence-corrected chi connectivity index (χ0v) is 19.1. The normalized spacial score (nSPS) is 10.5. The third-order valence-electron chi connectivity index (χ3n) is 4.79. The van der Waals surface area contributed by atoms with E-state index in [2.05, 4.69) is 34.6 Å². The van der Waals surface area contributed by atoms with Crippen LogP contribution in [0.3, 0.4) is 0 Å². The van der Waals surface area contributed by atoms with Gasteiger partial charge in [0.15, 0.2) is 11.5 Å². The molecule has 0 atom stereocenters. The summed E-state index contributed by atoms with van der Waals surface area (Å²) < 4.78 is 15.8. The summed E-state index contributed by atoms with van der Waals surface area (Å²) in [6, 6.07) is 10.5. The molecule has 2 N–H and O–H groups in total. The molecule has 2 aromatic rings. The summed E-state index contributed by atoms with van der Waals surface area (Å²) in [6.45, 7) is 5.72. The molecule has 2 amide bonds. The largest absolute Gasteiger partial charge is 0.496 e. The number of methoxy groups -OCH3 is 3. The molecule has 0 unspecified atom stereocenters. The molecule has 0 spiro atoms. The third kappa shape index (κ3) is 6.37. The van der Waals surface area contributed by atoms with Crippen molar-refractivity contribution in [2.45, 2.75) is 13.8 Å². The lowest BCUT2D eigenvalue weighted by Crippen LogP contribution is -2.34. The smallest absolute Gasteiger partial charge is 0.259 e. The van der Waals surface area contributed by atoms with E-state index in [4.69, 9.17) is 14.2 Å². The van der Waals surface area contributed by atoms with Crippen molar-refractivity contribution in [1.82, 2.24) is 10.7 Å². The lowest BCUT2D eigenvalue weighted by atomic mass is 10.2.